The molecule has 12 heavy (non-hydrogen) atoms. The first kappa shape index (κ1) is 8.96. The lowest BCUT2D eigenvalue weighted by molar-refractivity contribution is -0.228. The minimum absolute atomic E-state index is 0.0714. The third kappa shape index (κ3) is 1.15. The van der Waals surface area contributed by atoms with Crippen LogP contribution in [0.15, 0.2) is 11.5 Å². The molecule has 0 saturated heterocycles. The highest BCUT2D eigenvalue weighted by Crippen LogP contribution is 2.29. The number of hydrogen-bond acceptors (Lipinski definition) is 2. The van der Waals surface area contributed by atoms with Gasteiger partial charge in [0.15, 0.2) is 0 Å². The van der Waals surface area contributed by atoms with E-state index in [1.807, 2.05) is 0 Å². The second-order valence-corrected chi connectivity index (χ2v) is 2.62. The Labute approximate surface area is 68.6 Å². The van der Waals surface area contributed by atoms with E-state index in [1.54, 1.807) is 6.92 Å². The van der Waals surface area contributed by atoms with E-state index in [4.69, 9.17) is 0 Å². The summed E-state index contributed by atoms with van der Waals surface area (Å²) in [6, 6.07) is 0. The van der Waals surface area contributed by atoms with Crippen molar-refractivity contribution >= 4 is 5.91 Å². The molecular formula is C7H9F2NO2. The van der Waals surface area contributed by atoms with Gasteiger partial charge in [-0.1, -0.05) is 0 Å². The zero-order valence-electron chi connectivity index (χ0n) is 7.02. The molecule has 0 atom stereocenters. The molecule has 0 aromatic rings. The molecule has 1 amide bonds. The highest BCUT2D eigenvalue weighted by atomic mass is 19.3. The molecule has 0 radical (unpaired) electrons. The monoisotopic (exact) mass is 177 g/mol. The maximum Gasteiger partial charge on any atom is 0.482 e. The number of likely N-dealkylation sites (N-methyl/N-ethyl adjacent to an activating group) is 1. The predicted molar refractivity (Wildman–Crippen MR) is 37.2 cm³/mol. The van der Waals surface area contributed by atoms with Gasteiger partial charge in [0.25, 0.3) is 0 Å². The number of carbonyl (C=O) groups excluding carboxylic acids is 1. The number of alkyl halides is 2. The Morgan fingerprint density at radius 3 is 2.42 bits per heavy atom. The number of carbonyl (C=O) groups is 1. The summed E-state index contributed by atoms with van der Waals surface area (Å²) < 4.78 is 29.4. The van der Waals surface area contributed by atoms with Crippen molar-refractivity contribution in [2.45, 2.75) is 20.0 Å². The average Bonchev–Trinajstić information content (AvgIpc) is 1.97. The van der Waals surface area contributed by atoms with Crippen LogP contribution in [-0.2, 0) is 9.53 Å². The SMILES string of the molecule is CC1=C(C)N(C)C(=O)C(F)(F)O1. The van der Waals surface area contributed by atoms with Crippen LogP contribution in [0, 0.1) is 0 Å². The Morgan fingerprint density at radius 2 is 1.92 bits per heavy atom. The molecule has 0 aliphatic carbocycles. The van der Waals surface area contributed by atoms with Gasteiger partial charge in [-0.15, -0.1) is 0 Å². The molecule has 0 fully saturated rings. The van der Waals surface area contributed by atoms with Gasteiger partial charge in [0.1, 0.15) is 5.76 Å². The Kier molecular flexibility index (Phi) is 1.82. The Balaban J connectivity index is 3.08. The second-order valence-electron chi connectivity index (χ2n) is 2.62. The quantitative estimate of drug-likeness (QED) is 0.558. The summed E-state index contributed by atoms with van der Waals surface area (Å²) in [7, 11) is 1.29. The van der Waals surface area contributed by atoms with Gasteiger partial charge in [-0.3, -0.25) is 4.79 Å². The van der Waals surface area contributed by atoms with Gasteiger partial charge in [0.05, 0.1) is 5.70 Å². The topological polar surface area (TPSA) is 29.5 Å². The van der Waals surface area contributed by atoms with Crippen LogP contribution in [0.25, 0.3) is 0 Å². The van der Waals surface area contributed by atoms with Crippen molar-refractivity contribution in [2.24, 2.45) is 0 Å². The first-order chi connectivity index (χ1) is 5.36. The van der Waals surface area contributed by atoms with Crippen LogP contribution in [-0.4, -0.2) is 24.0 Å². The van der Waals surface area contributed by atoms with Crippen LogP contribution in [0.2, 0.25) is 0 Å². The van der Waals surface area contributed by atoms with Crippen LogP contribution >= 0.6 is 0 Å². The smallest absolute Gasteiger partial charge is 0.428 e. The van der Waals surface area contributed by atoms with Gasteiger partial charge >= 0.3 is 12.0 Å². The summed E-state index contributed by atoms with van der Waals surface area (Å²) in [5, 5.41) is 0. The van der Waals surface area contributed by atoms with Gasteiger partial charge in [-0.2, -0.15) is 8.78 Å². The van der Waals surface area contributed by atoms with Crippen molar-refractivity contribution in [3.8, 4) is 0 Å². The van der Waals surface area contributed by atoms with Gasteiger partial charge < -0.3 is 9.64 Å². The third-order valence-electron chi connectivity index (χ3n) is 1.85. The molecule has 0 aromatic heterocycles. The standard InChI is InChI=1S/C7H9F2NO2/c1-4-5(2)12-7(8,9)6(11)10(4)3/h1-3H3. The molecule has 1 aliphatic heterocycles. The summed E-state index contributed by atoms with van der Waals surface area (Å²) in [5.74, 6) is -1.26. The Morgan fingerprint density at radius 1 is 1.42 bits per heavy atom. The second kappa shape index (κ2) is 2.43. The van der Waals surface area contributed by atoms with Crippen LogP contribution in [0.3, 0.4) is 0 Å². The number of hydrogen-bond donors (Lipinski definition) is 0. The normalized spacial score (nSPS) is 22.8. The molecule has 0 bridgehead atoms. The van der Waals surface area contributed by atoms with Gasteiger partial charge in [0, 0.05) is 7.05 Å². The molecule has 0 aromatic carbocycles. The van der Waals surface area contributed by atoms with Crippen molar-refractivity contribution < 1.29 is 18.3 Å². The molecule has 1 rings (SSSR count). The number of allylic oxidation sites excluding steroid dienone is 2. The highest BCUT2D eigenvalue weighted by Gasteiger charge is 2.48. The lowest BCUT2D eigenvalue weighted by Crippen LogP contribution is -2.46. The van der Waals surface area contributed by atoms with Crippen LogP contribution in [0.1, 0.15) is 13.8 Å². The first-order valence-electron chi connectivity index (χ1n) is 3.38. The van der Waals surface area contributed by atoms with Crippen LogP contribution in [0.5, 0.6) is 0 Å². The molecule has 1 aliphatic rings. The fourth-order valence-corrected chi connectivity index (χ4v) is 0.894. The first-order valence-corrected chi connectivity index (χ1v) is 3.38. The third-order valence-corrected chi connectivity index (χ3v) is 1.85. The zero-order valence-corrected chi connectivity index (χ0v) is 7.02. The van der Waals surface area contributed by atoms with Crippen molar-refractivity contribution in [3.63, 3.8) is 0 Å². The lowest BCUT2D eigenvalue weighted by atomic mass is 10.3. The number of amides is 1. The maximum absolute atomic E-state index is 12.6. The van der Waals surface area contributed by atoms with Gasteiger partial charge in [-0.25, -0.2) is 0 Å². The van der Waals surface area contributed by atoms with Crippen molar-refractivity contribution in [1.29, 1.82) is 0 Å². The van der Waals surface area contributed by atoms with E-state index in [2.05, 4.69) is 4.74 Å². The molecule has 5 heteroatoms. The van der Waals surface area contributed by atoms with Crippen molar-refractivity contribution in [3.05, 3.63) is 11.5 Å². The molecular weight excluding hydrogens is 168 g/mol. The summed E-state index contributed by atoms with van der Waals surface area (Å²) in [6.45, 7) is 2.94. The number of ether oxygens (including phenoxy) is 1. The fraction of sp³-hybridized carbons (Fsp3) is 0.571. The molecule has 0 spiro atoms. The summed E-state index contributed by atoms with van der Waals surface area (Å²) >= 11 is 0. The Bertz CT molecular complexity index is 260. The minimum atomic E-state index is -3.71. The van der Waals surface area contributed by atoms with E-state index in [0.29, 0.717) is 5.70 Å². The van der Waals surface area contributed by atoms with E-state index < -0.39 is 12.0 Å². The highest BCUT2D eigenvalue weighted by molar-refractivity contribution is 5.84. The molecule has 0 saturated carbocycles. The van der Waals surface area contributed by atoms with E-state index in [0.717, 1.165) is 4.90 Å². The van der Waals surface area contributed by atoms with Crippen LogP contribution in [0.4, 0.5) is 8.78 Å². The Hall–Kier alpha value is -1.13. The summed E-state index contributed by atoms with van der Waals surface area (Å²) in [5.41, 5.74) is 0.408. The van der Waals surface area contributed by atoms with E-state index in [-0.39, 0.29) is 5.76 Å². The van der Waals surface area contributed by atoms with Crippen molar-refractivity contribution in [1.82, 2.24) is 4.90 Å². The number of rotatable bonds is 0. The van der Waals surface area contributed by atoms with Gasteiger partial charge in [0.2, 0.25) is 0 Å². The largest absolute Gasteiger partial charge is 0.482 e. The maximum atomic E-state index is 12.6. The predicted octanol–water partition coefficient (Wildman–Crippen LogP) is 1.32. The lowest BCUT2D eigenvalue weighted by Gasteiger charge is -2.30. The average molecular weight is 177 g/mol. The van der Waals surface area contributed by atoms with E-state index >= 15 is 0 Å². The number of nitrogens with zero attached hydrogens (tertiary/aromatic N) is 1. The molecule has 3 nitrogen and oxygen atoms in total. The molecule has 0 N–H and O–H groups in total. The van der Waals surface area contributed by atoms with Crippen LogP contribution < -0.4 is 0 Å². The van der Waals surface area contributed by atoms with E-state index in [1.165, 1.54) is 14.0 Å². The number of halogens is 2. The molecule has 1 heterocycles. The zero-order chi connectivity index (χ0) is 9.52. The molecule has 68 valence electrons. The summed E-state index contributed by atoms with van der Waals surface area (Å²) in [4.78, 5) is 11.7. The fourth-order valence-electron chi connectivity index (χ4n) is 0.894. The van der Waals surface area contributed by atoms with Crippen molar-refractivity contribution in [2.75, 3.05) is 7.05 Å². The molecule has 0 unspecified atom stereocenters. The van der Waals surface area contributed by atoms with Gasteiger partial charge in [-0.05, 0) is 13.8 Å². The van der Waals surface area contributed by atoms with E-state index in [9.17, 15) is 13.6 Å². The summed E-state index contributed by atoms with van der Waals surface area (Å²) in [6.07, 6.45) is -3.71. The minimum Gasteiger partial charge on any atom is -0.428 e.